The van der Waals surface area contributed by atoms with E-state index >= 15 is 0 Å². The van der Waals surface area contributed by atoms with E-state index in [0.29, 0.717) is 0 Å². The molecule has 114 valence electrons. The Hall–Kier alpha value is -2.54. The van der Waals surface area contributed by atoms with Crippen LogP contribution < -0.4 is 0 Å². The van der Waals surface area contributed by atoms with Crippen molar-refractivity contribution >= 4 is 21.9 Å². The molecular weight excluding hydrogens is 304 g/mol. The maximum Gasteiger partial charge on any atom is 0.281 e. The summed E-state index contributed by atoms with van der Waals surface area (Å²) in [7, 11) is -3.71. The van der Waals surface area contributed by atoms with Crippen LogP contribution in [0.15, 0.2) is 57.8 Å². The van der Waals surface area contributed by atoms with Crippen LogP contribution in [0.5, 0.6) is 0 Å². The molecule has 0 fully saturated rings. The monoisotopic (exact) mass is 318 g/mol. The Kier molecular flexibility index (Phi) is 4.67. The Labute approximate surface area is 128 Å². The Morgan fingerprint density at radius 2 is 1.68 bits per heavy atom. The van der Waals surface area contributed by atoms with Crippen molar-refractivity contribution in [3.05, 3.63) is 69.8 Å². The number of aryl methyl sites for hydroxylation is 1. The average molecular weight is 318 g/mol. The lowest BCUT2D eigenvalue weighted by Gasteiger charge is -1.99. The summed E-state index contributed by atoms with van der Waals surface area (Å²) in [5.74, 6) is 0. The first kappa shape index (κ1) is 15.8. The lowest BCUT2D eigenvalue weighted by molar-refractivity contribution is -0.384. The summed E-state index contributed by atoms with van der Waals surface area (Å²) < 4.78 is 27.6. The highest BCUT2D eigenvalue weighted by Crippen LogP contribution is 2.14. The summed E-state index contributed by atoms with van der Waals surface area (Å²) in [6, 6.07) is 12.3. The zero-order valence-corrected chi connectivity index (χ0v) is 12.7. The van der Waals surface area contributed by atoms with Crippen molar-refractivity contribution in [2.75, 3.05) is 0 Å². The molecule has 2 aromatic rings. The van der Waals surface area contributed by atoms with E-state index in [1.54, 1.807) is 24.3 Å². The number of hydrogen-bond acceptors (Lipinski definition) is 4. The minimum absolute atomic E-state index is 0.00651. The van der Waals surface area contributed by atoms with Crippen LogP contribution in [0.25, 0.3) is 0 Å². The van der Waals surface area contributed by atoms with Crippen LogP contribution in [0.4, 0.5) is 5.69 Å². The molecule has 0 spiro atoms. The molecule has 0 atom stereocenters. The molecule has 0 saturated heterocycles. The molecule has 2 rings (SSSR count). The van der Waals surface area contributed by atoms with Crippen molar-refractivity contribution in [2.24, 2.45) is 4.40 Å². The topological polar surface area (TPSA) is 89.6 Å². The summed E-state index contributed by atoms with van der Waals surface area (Å²) in [6.07, 6.45) is 1.57. The average Bonchev–Trinajstić information content (AvgIpc) is 2.48. The summed E-state index contributed by atoms with van der Waals surface area (Å²) in [6.45, 7) is 1.87. The van der Waals surface area contributed by atoms with Gasteiger partial charge in [-0.2, -0.15) is 12.8 Å². The number of nitro groups is 1. The number of hydrogen-bond donors (Lipinski definition) is 0. The molecule has 0 saturated carbocycles. The zero-order chi connectivity index (χ0) is 16.2. The molecule has 0 aliphatic carbocycles. The van der Waals surface area contributed by atoms with Crippen molar-refractivity contribution in [1.82, 2.24) is 0 Å². The van der Waals surface area contributed by atoms with Crippen LogP contribution >= 0.6 is 0 Å². The second kappa shape index (κ2) is 6.48. The number of nitro benzene ring substituents is 1. The molecule has 0 aromatic heterocycles. The van der Waals surface area contributed by atoms with E-state index in [2.05, 4.69) is 4.40 Å². The van der Waals surface area contributed by atoms with Gasteiger partial charge in [-0.05, 0) is 24.6 Å². The molecule has 0 N–H and O–H groups in total. The van der Waals surface area contributed by atoms with Gasteiger partial charge >= 0.3 is 0 Å². The number of non-ortho nitro benzene ring substituents is 1. The molecule has 22 heavy (non-hydrogen) atoms. The number of sulfonamides is 1. The molecule has 0 aliphatic heterocycles. The summed E-state index contributed by atoms with van der Waals surface area (Å²) in [5.41, 5.74) is 1.70. The highest BCUT2D eigenvalue weighted by atomic mass is 32.2. The van der Waals surface area contributed by atoms with E-state index in [-0.39, 0.29) is 17.0 Å². The van der Waals surface area contributed by atoms with Crippen LogP contribution in [-0.4, -0.2) is 19.6 Å². The molecule has 0 bridgehead atoms. The van der Waals surface area contributed by atoms with Gasteiger partial charge in [0.15, 0.2) is 0 Å². The van der Waals surface area contributed by atoms with Gasteiger partial charge in [-0.1, -0.05) is 29.8 Å². The van der Waals surface area contributed by atoms with Gasteiger partial charge in [-0.3, -0.25) is 10.1 Å². The third-order valence-electron chi connectivity index (χ3n) is 3.01. The smallest absolute Gasteiger partial charge is 0.258 e. The fourth-order valence-corrected chi connectivity index (χ4v) is 2.64. The van der Waals surface area contributed by atoms with Gasteiger partial charge in [0.25, 0.3) is 15.7 Å². The molecule has 7 heteroatoms. The lowest BCUT2D eigenvalue weighted by Crippen LogP contribution is -1.98. The van der Waals surface area contributed by atoms with Crippen molar-refractivity contribution in [1.29, 1.82) is 0 Å². The van der Waals surface area contributed by atoms with Gasteiger partial charge < -0.3 is 0 Å². The Balaban J connectivity index is 2.08. The molecule has 6 nitrogen and oxygen atoms in total. The minimum atomic E-state index is -3.71. The Bertz CT molecular complexity index is 794. The van der Waals surface area contributed by atoms with Gasteiger partial charge in [-0.15, -0.1) is 0 Å². The van der Waals surface area contributed by atoms with Gasteiger partial charge in [0.1, 0.15) is 0 Å². The molecule has 0 amide bonds. The van der Waals surface area contributed by atoms with Crippen molar-refractivity contribution < 1.29 is 13.3 Å². The quantitative estimate of drug-likeness (QED) is 0.481. The zero-order valence-electron chi connectivity index (χ0n) is 11.8. The maximum atomic E-state index is 12.0. The van der Waals surface area contributed by atoms with E-state index < -0.39 is 14.9 Å². The predicted molar refractivity (Wildman–Crippen MR) is 83.7 cm³/mol. The number of rotatable bonds is 5. The SMILES string of the molecule is Cc1ccc(S(=O)(=O)/N=C/Cc2ccc([N+](=O)[O-])cc2)cc1. The highest BCUT2D eigenvalue weighted by molar-refractivity contribution is 7.90. The third kappa shape index (κ3) is 3.98. The molecule has 2 aromatic carbocycles. The van der Waals surface area contributed by atoms with Crippen LogP contribution in [-0.2, 0) is 16.4 Å². The first-order valence-corrected chi connectivity index (χ1v) is 7.91. The third-order valence-corrected chi connectivity index (χ3v) is 4.30. The second-order valence-electron chi connectivity index (χ2n) is 4.70. The molecule has 0 aliphatic rings. The fraction of sp³-hybridized carbons (Fsp3) is 0.133. The highest BCUT2D eigenvalue weighted by Gasteiger charge is 2.10. The Morgan fingerprint density at radius 3 is 2.23 bits per heavy atom. The number of benzene rings is 2. The molecular formula is C15H14N2O4S. The molecule has 0 radical (unpaired) electrons. The van der Waals surface area contributed by atoms with Crippen molar-refractivity contribution in [2.45, 2.75) is 18.2 Å². The molecule has 0 heterocycles. The van der Waals surface area contributed by atoms with E-state index in [4.69, 9.17) is 0 Å². The van der Waals surface area contributed by atoms with Crippen LogP contribution in [0.1, 0.15) is 11.1 Å². The van der Waals surface area contributed by atoms with Crippen LogP contribution in [0, 0.1) is 17.0 Å². The van der Waals surface area contributed by atoms with Gasteiger partial charge in [-0.25, -0.2) is 0 Å². The van der Waals surface area contributed by atoms with E-state index in [1.165, 1.54) is 30.5 Å². The van der Waals surface area contributed by atoms with Crippen molar-refractivity contribution in [3.63, 3.8) is 0 Å². The fourth-order valence-electron chi connectivity index (χ4n) is 1.77. The number of nitrogens with zero attached hydrogens (tertiary/aromatic N) is 2. The summed E-state index contributed by atoms with van der Waals surface area (Å²) >= 11 is 0. The first-order valence-electron chi connectivity index (χ1n) is 6.47. The van der Waals surface area contributed by atoms with Crippen molar-refractivity contribution in [3.8, 4) is 0 Å². The minimum Gasteiger partial charge on any atom is -0.258 e. The van der Waals surface area contributed by atoms with Crippen LogP contribution in [0.3, 0.4) is 0 Å². The van der Waals surface area contributed by atoms with Gasteiger partial charge in [0.2, 0.25) is 0 Å². The van der Waals surface area contributed by atoms with E-state index in [9.17, 15) is 18.5 Å². The van der Waals surface area contributed by atoms with Crippen LogP contribution in [0.2, 0.25) is 0 Å². The van der Waals surface area contributed by atoms with Gasteiger partial charge in [0, 0.05) is 24.8 Å². The first-order chi connectivity index (χ1) is 10.4. The van der Waals surface area contributed by atoms with Gasteiger partial charge in [0.05, 0.1) is 9.82 Å². The van der Waals surface area contributed by atoms with E-state index in [0.717, 1.165) is 11.1 Å². The Morgan fingerprint density at radius 1 is 1.09 bits per heavy atom. The normalized spacial score (nSPS) is 11.7. The maximum absolute atomic E-state index is 12.0. The summed E-state index contributed by atoms with van der Waals surface area (Å²) in [4.78, 5) is 10.2. The van der Waals surface area contributed by atoms with E-state index in [1.807, 2.05) is 6.92 Å². The standard InChI is InChI=1S/C15H14N2O4S/c1-12-2-8-15(9-3-12)22(20,21)16-11-10-13-4-6-14(7-5-13)17(18)19/h2-9,11H,10H2,1H3/b16-11+. The second-order valence-corrected chi connectivity index (χ2v) is 6.34. The largest absolute Gasteiger partial charge is 0.281 e. The predicted octanol–water partition coefficient (Wildman–Crippen LogP) is 2.91. The molecule has 0 unspecified atom stereocenters. The summed E-state index contributed by atoms with van der Waals surface area (Å²) in [5, 5.41) is 10.5. The lowest BCUT2D eigenvalue weighted by atomic mass is 10.1.